The summed E-state index contributed by atoms with van der Waals surface area (Å²) in [5, 5.41) is 17.8. The number of hydrogen-bond acceptors (Lipinski definition) is 9. The first-order valence-corrected chi connectivity index (χ1v) is 13.8. The minimum absolute atomic E-state index is 0.0187. The van der Waals surface area contributed by atoms with Gasteiger partial charge in [-0.25, -0.2) is 19.3 Å². The summed E-state index contributed by atoms with van der Waals surface area (Å²) < 4.78 is 43.1. The molecule has 1 aliphatic carbocycles. The van der Waals surface area contributed by atoms with Crippen LogP contribution in [-0.2, 0) is 23.1 Å². The molecule has 204 valence electrons. The third-order valence-electron chi connectivity index (χ3n) is 6.58. The van der Waals surface area contributed by atoms with E-state index in [1.807, 2.05) is 19.1 Å². The number of aromatic nitrogens is 4. The fourth-order valence-electron chi connectivity index (χ4n) is 4.55. The monoisotopic (exact) mass is 574 g/mol. The fraction of sp³-hybridized carbons (Fsp3) is 0.346. The molecule has 0 atom stereocenters. The van der Waals surface area contributed by atoms with Gasteiger partial charge in [-0.3, -0.25) is 4.79 Å². The van der Waals surface area contributed by atoms with Crippen molar-refractivity contribution in [1.82, 2.24) is 24.6 Å². The Labute approximate surface area is 230 Å². The van der Waals surface area contributed by atoms with E-state index in [4.69, 9.17) is 0 Å². The lowest BCUT2D eigenvalue weighted by molar-refractivity contribution is -0.141. The Bertz CT molecular complexity index is 1450. The zero-order chi connectivity index (χ0) is 27.6. The Morgan fingerprint density at radius 2 is 1.95 bits per heavy atom. The van der Waals surface area contributed by atoms with Crippen molar-refractivity contribution in [1.29, 1.82) is 0 Å². The molecule has 0 spiro atoms. The van der Waals surface area contributed by atoms with Gasteiger partial charge in [-0.15, -0.1) is 11.3 Å². The zero-order valence-electron chi connectivity index (χ0n) is 20.8. The maximum Gasteiger partial charge on any atom is 0.433 e. The number of alkyl halides is 3. The fourth-order valence-corrected chi connectivity index (χ4v) is 6.11. The Kier molecular flexibility index (Phi) is 7.65. The second kappa shape index (κ2) is 11.0. The van der Waals surface area contributed by atoms with Gasteiger partial charge in [-0.05, 0) is 79.5 Å². The molecule has 1 saturated carbocycles. The van der Waals surface area contributed by atoms with Crippen LogP contribution in [0.2, 0.25) is 0 Å². The number of benzene rings is 1. The summed E-state index contributed by atoms with van der Waals surface area (Å²) in [6, 6.07) is 8.19. The molecule has 1 aliphatic rings. The summed E-state index contributed by atoms with van der Waals surface area (Å²) in [5.74, 6) is -0.343. The predicted molar refractivity (Wildman–Crippen MR) is 142 cm³/mol. The van der Waals surface area contributed by atoms with Gasteiger partial charge in [0.1, 0.15) is 16.3 Å². The van der Waals surface area contributed by atoms with Crippen LogP contribution in [0.1, 0.15) is 46.8 Å². The van der Waals surface area contributed by atoms with E-state index in [0.29, 0.717) is 42.9 Å². The highest BCUT2D eigenvalue weighted by atomic mass is 32.1. The average Bonchev–Trinajstić information content (AvgIpc) is 3.60. The van der Waals surface area contributed by atoms with Crippen LogP contribution in [0.4, 0.5) is 24.8 Å². The molecule has 0 aliphatic heterocycles. The molecular weight excluding hydrogens is 549 g/mol. The quantitative estimate of drug-likeness (QED) is 0.255. The molecule has 0 bridgehead atoms. The molecule has 1 aromatic carbocycles. The van der Waals surface area contributed by atoms with Crippen LogP contribution >= 0.6 is 22.9 Å². The number of halogens is 3. The van der Waals surface area contributed by atoms with E-state index in [2.05, 4.69) is 30.0 Å². The molecule has 0 saturated heterocycles. The van der Waals surface area contributed by atoms with E-state index in [1.165, 1.54) is 22.9 Å². The Morgan fingerprint density at radius 3 is 2.67 bits per heavy atom. The maximum atomic E-state index is 13.0. The van der Waals surface area contributed by atoms with Gasteiger partial charge >= 0.3 is 6.18 Å². The van der Waals surface area contributed by atoms with E-state index < -0.39 is 17.5 Å². The second-order valence-corrected chi connectivity index (χ2v) is 11.5. The summed E-state index contributed by atoms with van der Waals surface area (Å²) >= 11 is 2.71. The summed E-state index contributed by atoms with van der Waals surface area (Å²) in [7, 11) is 0. The van der Waals surface area contributed by atoms with Crippen LogP contribution in [0.5, 0.6) is 0 Å². The predicted octanol–water partition coefficient (Wildman–Crippen LogP) is 5.82. The summed E-state index contributed by atoms with van der Waals surface area (Å²) in [5.41, 5.74) is 0.0604. The molecule has 1 fully saturated rings. The van der Waals surface area contributed by atoms with Crippen LogP contribution < -0.4 is 10.6 Å². The number of nitrogens with one attached hydrogen (secondary N) is 2. The number of nitrogens with zero attached hydrogens (tertiary/aromatic N) is 4. The first-order valence-electron chi connectivity index (χ1n) is 12.2. The molecule has 5 rings (SSSR count). The van der Waals surface area contributed by atoms with Crippen molar-refractivity contribution < 1.29 is 23.1 Å². The van der Waals surface area contributed by atoms with Crippen LogP contribution in [-0.4, -0.2) is 30.3 Å². The minimum atomic E-state index is -4.57. The van der Waals surface area contributed by atoms with Gasteiger partial charge in [0.05, 0.1) is 11.4 Å². The van der Waals surface area contributed by atoms with Crippen molar-refractivity contribution in [2.75, 3.05) is 5.32 Å². The number of thiazole rings is 1. The number of anilines is 2. The standard InChI is InChI=1S/C26H25F3N6O2S2/c1-15-10-17(12-18(11-15)34-24-30-8-5-21(35-24)26(27,28)29)20-14-32-23(38-20)25(37)6-2-16(3-7-25)22(36)31-13-19-4-9-33-39-19/h4-5,8-12,14,16,37H,2-3,6-7,13H2,1H3,(H,31,36)(H,30,34,35)/t16-,25+. The highest BCUT2D eigenvalue weighted by Crippen LogP contribution is 2.43. The largest absolute Gasteiger partial charge is 0.433 e. The first kappa shape index (κ1) is 27.2. The number of amides is 1. The van der Waals surface area contributed by atoms with Gasteiger partial charge in [0.2, 0.25) is 11.9 Å². The van der Waals surface area contributed by atoms with Crippen LogP contribution in [0.25, 0.3) is 10.4 Å². The van der Waals surface area contributed by atoms with Crippen LogP contribution in [0.15, 0.2) is 48.9 Å². The molecule has 3 N–H and O–H groups in total. The van der Waals surface area contributed by atoms with Crippen molar-refractivity contribution in [3.63, 3.8) is 0 Å². The van der Waals surface area contributed by atoms with Crippen molar-refractivity contribution in [2.45, 2.75) is 50.9 Å². The Balaban J connectivity index is 1.25. The third-order valence-corrected chi connectivity index (χ3v) is 8.56. The molecule has 1 amide bonds. The average molecular weight is 575 g/mol. The highest BCUT2D eigenvalue weighted by molar-refractivity contribution is 7.15. The smallest absolute Gasteiger partial charge is 0.383 e. The molecular formula is C26H25F3N6O2S2. The minimum Gasteiger partial charge on any atom is -0.383 e. The number of aryl methyl sites for hydroxylation is 1. The normalized spacial score (nSPS) is 19.6. The van der Waals surface area contributed by atoms with Gasteiger partial charge in [-0.1, -0.05) is 6.07 Å². The van der Waals surface area contributed by atoms with Gasteiger partial charge in [-0.2, -0.15) is 13.2 Å². The molecule has 3 aromatic heterocycles. The van der Waals surface area contributed by atoms with Crippen molar-refractivity contribution >= 4 is 40.4 Å². The van der Waals surface area contributed by atoms with E-state index in [0.717, 1.165) is 33.1 Å². The molecule has 3 heterocycles. The van der Waals surface area contributed by atoms with Crippen molar-refractivity contribution in [3.8, 4) is 10.4 Å². The topological polar surface area (TPSA) is 113 Å². The third kappa shape index (κ3) is 6.43. The molecule has 0 unspecified atom stereocenters. The van der Waals surface area contributed by atoms with E-state index in [-0.39, 0.29) is 17.8 Å². The van der Waals surface area contributed by atoms with Gasteiger partial charge < -0.3 is 15.7 Å². The number of carbonyl (C=O) groups is 1. The Hall–Kier alpha value is -3.42. The SMILES string of the molecule is Cc1cc(Nc2nccc(C(F)(F)F)n2)cc(-c2cnc([C@]3(O)CC[C@@H](C(=O)NCc4ccns4)CC3)s2)c1. The Morgan fingerprint density at radius 1 is 1.15 bits per heavy atom. The number of aliphatic hydroxyl groups is 1. The maximum absolute atomic E-state index is 13.0. The molecule has 4 aromatic rings. The van der Waals surface area contributed by atoms with Gasteiger partial charge in [0.25, 0.3) is 0 Å². The summed E-state index contributed by atoms with van der Waals surface area (Å²) in [6.45, 7) is 2.33. The van der Waals surface area contributed by atoms with E-state index in [1.54, 1.807) is 24.5 Å². The molecule has 39 heavy (non-hydrogen) atoms. The van der Waals surface area contributed by atoms with Gasteiger partial charge in [0, 0.05) is 35.1 Å². The van der Waals surface area contributed by atoms with Crippen molar-refractivity contribution in [3.05, 3.63) is 70.1 Å². The molecule has 13 heteroatoms. The van der Waals surface area contributed by atoms with Crippen molar-refractivity contribution in [2.24, 2.45) is 5.92 Å². The first-order chi connectivity index (χ1) is 18.6. The molecule has 8 nitrogen and oxygen atoms in total. The lowest BCUT2D eigenvalue weighted by atomic mass is 9.78. The van der Waals surface area contributed by atoms with E-state index >= 15 is 0 Å². The highest BCUT2D eigenvalue weighted by Gasteiger charge is 2.39. The number of hydrogen-bond donors (Lipinski definition) is 3. The van der Waals surface area contributed by atoms with E-state index in [9.17, 15) is 23.1 Å². The lowest BCUT2D eigenvalue weighted by Crippen LogP contribution is -2.38. The summed E-state index contributed by atoms with van der Waals surface area (Å²) in [6.07, 6.45) is 1.83. The zero-order valence-corrected chi connectivity index (χ0v) is 22.5. The van der Waals surface area contributed by atoms with Gasteiger partial charge in [0.15, 0.2) is 0 Å². The summed E-state index contributed by atoms with van der Waals surface area (Å²) in [4.78, 5) is 26.4. The van der Waals surface area contributed by atoms with Crippen LogP contribution in [0, 0.1) is 12.8 Å². The lowest BCUT2D eigenvalue weighted by Gasteiger charge is -2.33. The number of rotatable bonds is 7. The molecule has 0 radical (unpaired) electrons. The second-order valence-electron chi connectivity index (χ2n) is 9.51. The van der Waals surface area contributed by atoms with Crippen LogP contribution in [0.3, 0.4) is 0 Å². The number of carbonyl (C=O) groups excluding carboxylic acids is 1.